The van der Waals surface area contributed by atoms with Crippen LogP contribution in [0.2, 0.25) is 0 Å². The first-order valence-electron chi connectivity index (χ1n) is 6.70. The number of hydrogen-bond donors (Lipinski definition) is 2. The van der Waals surface area contributed by atoms with Crippen LogP contribution in [0.1, 0.15) is 19.8 Å². The molecule has 1 heterocycles. The van der Waals surface area contributed by atoms with Crippen molar-refractivity contribution in [3.05, 3.63) is 24.3 Å². The van der Waals surface area contributed by atoms with Crippen molar-refractivity contribution in [2.45, 2.75) is 24.7 Å². The number of anilines is 1. The maximum Gasteiger partial charge on any atom is 0.231 e. The summed E-state index contributed by atoms with van der Waals surface area (Å²) in [4.78, 5) is 12.6. The molecule has 1 amide bonds. The number of sulfone groups is 1. The van der Waals surface area contributed by atoms with Crippen molar-refractivity contribution < 1.29 is 13.2 Å². The molecule has 110 valence electrons. The van der Waals surface area contributed by atoms with Crippen LogP contribution in [0, 0.1) is 5.41 Å². The zero-order chi connectivity index (χ0) is 14.8. The lowest BCUT2D eigenvalue weighted by Gasteiger charge is -2.25. The van der Waals surface area contributed by atoms with E-state index in [2.05, 4.69) is 10.6 Å². The van der Waals surface area contributed by atoms with Gasteiger partial charge in [0.05, 0.1) is 10.3 Å². The normalized spacial score (nSPS) is 22.7. The molecule has 0 aromatic heterocycles. The number of benzene rings is 1. The molecular formula is C14H20N2O3S. The highest BCUT2D eigenvalue weighted by Gasteiger charge is 2.39. The average Bonchev–Trinajstić information content (AvgIpc) is 2.88. The van der Waals surface area contributed by atoms with Crippen LogP contribution in [0.25, 0.3) is 0 Å². The summed E-state index contributed by atoms with van der Waals surface area (Å²) >= 11 is 0. The fourth-order valence-electron chi connectivity index (χ4n) is 2.45. The molecule has 0 saturated carbocycles. The van der Waals surface area contributed by atoms with E-state index in [0.717, 1.165) is 25.6 Å². The van der Waals surface area contributed by atoms with Crippen molar-refractivity contribution in [2.24, 2.45) is 5.41 Å². The summed E-state index contributed by atoms with van der Waals surface area (Å²) in [5, 5.41) is 6.10. The summed E-state index contributed by atoms with van der Waals surface area (Å²) in [6.07, 6.45) is 2.78. The summed E-state index contributed by atoms with van der Waals surface area (Å²) in [6, 6.07) is 6.27. The van der Waals surface area contributed by atoms with Gasteiger partial charge in [-0.25, -0.2) is 8.42 Å². The Balaban J connectivity index is 2.12. The summed E-state index contributed by atoms with van der Waals surface area (Å²) in [5.74, 6) is -0.00268. The molecule has 0 radical (unpaired) electrons. The molecule has 1 fully saturated rings. The third-order valence-electron chi connectivity index (χ3n) is 3.94. The molecule has 0 aliphatic carbocycles. The van der Waals surface area contributed by atoms with Gasteiger partial charge in [-0.3, -0.25) is 4.79 Å². The van der Waals surface area contributed by atoms with Gasteiger partial charge >= 0.3 is 0 Å². The summed E-state index contributed by atoms with van der Waals surface area (Å²) in [6.45, 7) is 3.56. The van der Waals surface area contributed by atoms with E-state index < -0.39 is 9.84 Å². The van der Waals surface area contributed by atoms with E-state index in [0.29, 0.717) is 12.2 Å². The Kier molecular flexibility index (Phi) is 4.15. The van der Waals surface area contributed by atoms with Gasteiger partial charge in [-0.1, -0.05) is 6.92 Å². The first kappa shape index (κ1) is 15.0. The standard InChI is InChI=1S/C14H20N2O3S/c1-3-14(8-9-15-10-14)13(17)16-11-4-6-12(7-5-11)20(2,18)19/h4-7,15H,3,8-10H2,1-2H3,(H,16,17). The van der Waals surface area contributed by atoms with Crippen LogP contribution in [0.4, 0.5) is 5.69 Å². The van der Waals surface area contributed by atoms with E-state index in [9.17, 15) is 13.2 Å². The summed E-state index contributed by atoms with van der Waals surface area (Å²) in [5.41, 5.74) is 0.275. The lowest BCUT2D eigenvalue weighted by molar-refractivity contribution is -0.124. The predicted octanol–water partition coefficient (Wildman–Crippen LogP) is 1.42. The Morgan fingerprint density at radius 1 is 1.35 bits per heavy atom. The molecule has 1 unspecified atom stereocenters. The van der Waals surface area contributed by atoms with Crippen LogP contribution in [0.3, 0.4) is 0 Å². The SMILES string of the molecule is CCC1(C(=O)Nc2ccc(S(C)(=O)=O)cc2)CCNC1. The minimum absolute atomic E-state index is 0.00268. The molecule has 2 rings (SSSR count). The molecule has 2 N–H and O–H groups in total. The minimum atomic E-state index is -3.20. The first-order valence-corrected chi connectivity index (χ1v) is 8.59. The number of amides is 1. The molecule has 1 aromatic rings. The molecule has 5 nitrogen and oxygen atoms in total. The minimum Gasteiger partial charge on any atom is -0.326 e. The van der Waals surface area contributed by atoms with Crippen LogP contribution in [0.15, 0.2) is 29.2 Å². The molecular weight excluding hydrogens is 276 g/mol. The Hall–Kier alpha value is -1.40. The highest BCUT2D eigenvalue weighted by Crippen LogP contribution is 2.31. The topological polar surface area (TPSA) is 75.3 Å². The molecule has 6 heteroatoms. The van der Waals surface area contributed by atoms with Crippen molar-refractivity contribution in [3.8, 4) is 0 Å². The van der Waals surface area contributed by atoms with Gasteiger partial charge in [0.25, 0.3) is 0 Å². The molecule has 20 heavy (non-hydrogen) atoms. The maximum atomic E-state index is 12.4. The van der Waals surface area contributed by atoms with Crippen LogP contribution >= 0.6 is 0 Å². The van der Waals surface area contributed by atoms with Crippen LogP contribution in [-0.2, 0) is 14.6 Å². The van der Waals surface area contributed by atoms with Gasteiger partial charge in [-0.15, -0.1) is 0 Å². The van der Waals surface area contributed by atoms with Crippen molar-refractivity contribution in [1.29, 1.82) is 0 Å². The number of carbonyl (C=O) groups excluding carboxylic acids is 1. The van der Waals surface area contributed by atoms with Crippen molar-refractivity contribution in [2.75, 3.05) is 24.7 Å². The van der Waals surface area contributed by atoms with E-state index in [1.807, 2.05) is 6.92 Å². The second-order valence-electron chi connectivity index (χ2n) is 5.31. The van der Waals surface area contributed by atoms with Crippen LogP contribution in [-0.4, -0.2) is 33.7 Å². The van der Waals surface area contributed by atoms with E-state index in [4.69, 9.17) is 0 Å². The average molecular weight is 296 g/mol. The van der Waals surface area contributed by atoms with Gasteiger partial charge in [-0.05, 0) is 43.7 Å². The van der Waals surface area contributed by atoms with Crippen molar-refractivity contribution in [1.82, 2.24) is 5.32 Å². The van der Waals surface area contributed by atoms with Gasteiger partial charge in [0, 0.05) is 18.5 Å². The summed E-state index contributed by atoms with van der Waals surface area (Å²) in [7, 11) is -3.20. The second kappa shape index (κ2) is 5.54. The predicted molar refractivity (Wildman–Crippen MR) is 78.4 cm³/mol. The third-order valence-corrected chi connectivity index (χ3v) is 5.07. The Morgan fingerprint density at radius 3 is 2.45 bits per heavy atom. The molecule has 1 aliphatic heterocycles. The smallest absolute Gasteiger partial charge is 0.231 e. The zero-order valence-corrected chi connectivity index (χ0v) is 12.6. The Bertz CT molecular complexity index is 587. The van der Waals surface area contributed by atoms with Crippen molar-refractivity contribution >= 4 is 21.4 Å². The van der Waals surface area contributed by atoms with E-state index >= 15 is 0 Å². The molecule has 0 bridgehead atoms. The lowest BCUT2D eigenvalue weighted by Crippen LogP contribution is -2.37. The Labute approximate surface area is 119 Å². The van der Waals surface area contributed by atoms with Crippen molar-refractivity contribution in [3.63, 3.8) is 0 Å². The largest absolute Gasteiger partial charge is 0.326 e. The fourth-order valence-corrected chi connectivity index (χ4v) is 3.08. The van der Waals surface area contributed by atoms with Gasteiger partial charge < -0.3 is 10.6 Å². The maximum absolute atomic E-state index is 12.4. The molecule has 0 spiro atoms. The zero-order valence-electron chi connectivity index (χ0n) is 11.8. The van der Waals surface area contributed by atoms with Gasteiger partial charge in [0.15, 0.2) is 9.84 Å². The number of hydrogen-bond acceptors (Lipinski definition) is 4. The van der Waals surface area contributed by atoms with E-state index in [-0.39, 0.29) is 16.2 Å². The molecule has 1 aliphatic rings. The fraction of sp³-hybridized carbons (Fsp3) is 0.500. The van der Waals surface area contributed by atoms with Gasteiger partial charge in [0.2, 0.25) is 5.91 Å². The highest BCUT2D eigenvalue weighted by molar-refractivity contribution is 7.90. The molecule has 1 aromatic carbocycles. The van der Waals surface area contributed by atoms with Gasteiger partial charge in [0.1, 0.15) is 0 Å². The molecule has 1 atom stereocenters. The third kappa shape index (κ3) is 3.02. The monoisotopic (exact) mass is 296 g/mol. The summed E-state index contributed by atoms with van der Waals surface area (Å²) < 4.78 is 22.8. The highest BCUT2D eigenvalue weighted by atomic mass is 32.2. The van der Waals surface area contributed by atoms with E-state index in [1.165, 1.54) is 12.1 Å². The second-order valence-corrected chi connectivity index (χ2v) is 7.33. The quantitative estimate of drug-likeness (QED) is 0.881. The van der Waals surface area contributed by atoms with Gasteiger partial charge in [-0.2, -0.15) is 0 Å². The van der Waals surface area contributed by atoms with Crippen LogP contribution in [0.5, 0.6) is 0 Å². The Morgan fingerprint density at radius 2 is 2.00 bits per heavy atom. The number of carbonyl (C=O) groups is 1. The van der Waals surface area contributed by atoms with E-state index in [1.54, 1.807) is 12.1 Å². The number of rotatable bonds is 4. The lowest BCUT2D eigenvalue weighted by atomic mass is 9.83. The molecule has 1 saturated heterocycles. The first-order chi connectivity index (χ1) is 9.37. The number of nitrogens with one attached hydrogen (secondary N) is 2. The van der Waals surface area contributed by atoms with Crippen LogP contribution < -0.4 is 10.6 Å².